The van der Waals surface area contributed by atoms with Crippen LogP contribution in [0.2, 0.25) is 0 Å². The number of ether oxygens (including phenoxy) is 1. The predicted molar refractivity (Wildman–Crippen MR) is 84.5 cm³/mol. The largest absolute Gasteiger partial charge is 0.464 e. The topological polar surface area (TPSA) is 55.0 Å². The van der Waals surface area contributed by atoms with Crippen molar-refractivity contribution in [1.29, 1.82) is 0 Å². The number of aromatic nitrogens is 2. The quantitative estimate of drug-likeness (QED) is 0.747. The van der Waals surface area contributed by atoms with Gasteiger partial charge >= 0.3 is 5.97 Å². The van der Waals surface area contributed by atoms with Crippen LogP contribution in [0.1, 0.15) is 28.0 Å². The lowest BCUT2D eigenvalue weighted by atomic mass is 10.1. The molecule has 0 spiro atoms. The molecule has 1 N–H and O–H groups in total. The highest BCUT2D eigenvalue weighted by molar-refractivity contribution is 7.11. The summed E-state index contributed by atoms with van der Waals surface area (Å²) in [6.07, 6.45) is 3.98. The summed E-state index contributed by atoms with van der Waals surface area (Å²) < 4.78 is 4.70. The SMILES string of the molecule is C/C=C(\c1nc(C(=O)OC)cs1)c1c[nH]c2ccccc12. The number of hydrogen-bond donors (Lipinski definition) is 1. The minimum atomic E-state index is -0.410. The van der Waals surface area contributed by atoms with Crippen LogP contribution in [0.5, 0.6) is 0 Å². The van der Waals surface area contributed by atoms with E-state index in [9.17, 15) is 4.79 Å². The Bertz CT molecular complexity index is 830. The Kier molecular flexibility index (Phi) is 3.58. The van der Waals surface area contributed by atoms with Crippen LogP contribution in [0.3, 0.4) is 0 Å². The number of allylic oxidation sites excluding steroid dienone is 1. The van der Waals surface area contributed by atoms with E-state index in [1.54, 1.807) is 5.38 Å². The summed E-state index contributed by atoms with van der Waals surface area (Å²) in [4.78, 5) is 19.2. The standard InChI is InChI=1S/C16H14N2O2S/c1-3-10(15-18-14(9-21-15)16(19)20-2)12-8-17-13-7-5-4-6-11(12)13/h3-9,17H,1-2H3/b10-3-. The zero-order chi connectivity index (χ0) is 14.8. The van der Waals surface area contributed by atoms with Crippen LogP contribution >= 0.6 is 11.3 Å². The van der Waals surface area contributed by atoms with Gasteiger partial charge in [-0.1, -0.05) is 24.3 Å². The maximum Gasteiger partial charge on any atom is 0.357 e. The molecule has 0 atom stereocenters. The van der Waals surface area contributed by atoms with E-state index >= 15 is 0 Å². The van der Waals surface area contributed by atoms with E-state index in [4.69, 9.17) is 4.74 Å². The van der Waals surface area contributed by atoms with Gasteiger partial charge in [0.05, 0.1) is 7.11 Å². The molecule has 0 amide bonds. The average molecular weight is 298 g/mol. The molecule has 4 nitrogen and oxygen atoms in total. The smallest absolute Gasteiger partial charge is 0.357 e. The molecule has 0 unspecified atom stereocenters. The number of methoxy groups -OCH3 is 1. The molecule has 2 heterocycles. The number of thiazole rings is 1. The minimum absolute atomic E-state index is 0.344. The third-order valence-electron chi connectivity index (χ3n) is 3.30. The van der Waals surface area contributed by atoms with Crippen molar-refractivity contribution in [3.63, 3.8) is 0 Å². The van der Waals surface area contributed by atoms with Crippen LogP contribution in [0.25, 0.3) is 16.5 Å². The van der Waals surface area contributed by atoms with Crippen LogP contribution in [0.4, 0.5) is 0 Å². The molecule has 0 aliphatic heterocycles. The van der Waals surface area contributed by atoms with Crippen molar-refractivity contribution in [2.24, 2.45) is 0 Å². The normalized spacial score (nSPS) is 11.8. The summed E-state index contributed by atoms with van der Waals surface area (Å²) in [7, 11) is 1.36. The van der Waals surface area contributed by atoms with Crippen LogP contribution in [-0.4, -0.2) is 23.0 Å². The lowest BCUT2D eigenvalue weighted by Crippen LogP contribution is -2.01. The number of nitrogens with zero attached hydrogens (tertiary/aromatic N) is 1. The van der Waals surface area contributed by atoms with Gasteiger partial charge in [0.1, 0.15) is 5.01 Å². The van der Waals surface area contributed by atoms with E-state index in [-0.39, 0.29) is 0 Å². The fourth-order valence-corrected chi connectivity index (χ4v) is 3.16. The number of carbonyl (C=O) groups is 1. The molecule has 0 aliphatic carbocycles. The molecule has 0 fully saturated rings. The Morgan fingerprint density at radius 3 is 2.95 bits per heavy atom. The number of esters is 1. The van der Waals surface area contributed by atoms with Crippen molar-refractivity contribution in [3.8, 4) is 0 Å². The van der Waals surface area contributed by atoms with Gasteiger partial charge in [0.15, 0.2) is 5.69 Å². The van der Waals surface area contributed by atoms with Gasteiger partial charge in [-0.15, -0.1) is 11.3 Å². The first kappa shape index (κ1) is 13.6. The van der Waals surface area contributed by atoms with Gasteiger partial charge in [0.2, 0.25) is 0 Å². The zero-order valence-corrected chi connectivity index (χ0v) is 12.5. The molecule has 0 saturated heterocycles. The number of aromatic amines is 1. The monoisotopic (exact) mass is 298 g/mol. The van der Waals surface area contributed by atoms with Gasteiger partial charge in [-0.3, -0.25) is 0 Å². The molecular weight excluding hydrogens is 284 g/mol. The summed E-state index contributed by atoms with van der Waals surface area (Å²) in [5.41, 5.74) is 3.51. The van der Waals surface area contributed by atoms with E-state index in [1.807, 2.05) is 37.4 Å². The van der Waals surface area contributed by atoms with Crippen LogP contribution in [0, 0.1) is 0 Å². The Morgan fingerprint density at radius 1 is 1.38 bits per heavy atom. The zero-order valence-electron chi connectivity index (χ0n) is 11.7. The molecule has 1 aromatic carbocycles. The first-order valence-electron chi connectivity index (χ1n) is 6.51. The second-order valence-corrected chi connectivity index (χ2v) is 5.34. The first-order chi connectivity index (χ1) is 10.2. The number of fused-ring (bicyclic) bond motifs is 1. The molecule has 5 heteroatoms. The molecule has 21 heavy (non-hydrogen) atoms. The van der Waals surface area contributed by atoms with Crippen molar-refractivity contribution in [2.45, 2.75) is 6.92 Å². The number of benzene rings is 1. The van der Waals surface area contributed by atoms with E-state index in [2.05, 4.69) is 16.0 Å². The summed E-state index contributed by atoms with van der Waals surface area (Å²) in [6.45, 7) is 1.97. The van der Waals surface area contributed by atoms with Crippen LogP contribution < -0.4 is 0 Å². The van der Waals surface area contributed by atoms with Gasteiger partial charge in [-0.2, -0.15) is 0 Å². The van der Waals surface area contributed by atoms with Gasteiger partial charge in [-0.05, 0) is 13.0 Å². The van der Waals surface area contributed by atoms with Crippen molar-refractivity contribution in [3.05, 3.63) is 58.2 Å². The van der Waals surface area contributed by atoms with E-state index in [0.29, 0.717) is 5.69 Å². The third kappa shape index (κ3) is 2.36. The fourth-order valence-electron chi connectivity index (χ4n) is 2.28. The molecule has 0 radical (unpaired) electrons. The lowest BCUT2D eigenvalue weighted by molar-refractivity contribution is 0.0595. The second kappa shape index (κ2) is 5.54. The van der Waals surface area contributed by atoms with E-state index in [1.165, 1.54) is 18.4 Å². The highest BCUT2D eigenvalue weighted by Gasteiger charge is 2.16. The number of carbonyl (C=O) groups excluding carboxylic acids is 1. The molecule has 3 aromatic rings. The van der Waals surface area contributed by atoms with Gasteiger partial charge < -0.3 is 9.72 Å². The lowest BCUT2D eigenvalue weighted by Gasteiger charge is -2.02. The maximum atomic E-state index is 11.5. The summed E-state index contributed by atoms with van der Waals surface area (Å²) in [5, 5.41) is 3.67. The van der Waals surface area contributed by atoms with Crippen molar-refractivity contribution in [2.75, 3.05) is 7.11 Å². The van der Waals surface area contributed by atoms with Crippen molar-refractivity contribution < 1.29 is 9.53 Å². The molecule has 2 aromatic heterocycles. The Labute approximate surface area is 126 Å². The Balaban J connectivity index is 2.07. The van der Waals surface area contributed by atoms with Gasteiger partial charge in [0.25, 0.3) is 0 Å². The first-order valence-corrected chi connectivity index (χ1v) is 7.39. The number of nitrogens with one attached hydrogen (secondary N) is 1. The maximum absolute atomic E-state index is 11.5. The van der Waals surface area contributed by atoms with Crippen LogP contribution in [-0.2, 0) is 4.74 Å². The second-order valence-electron chi connectivity index (χ2n) is 4.48. The summed E-state index contributed by atoms with van der Waals surface area (Å²) >= 11 is 1.44. The Hall–Kier alpha value is -2.40. The minimum Gasteiger partial charge on any atom is -0.464 e. The number of H-pyrrole nitrogens is 1. The highest BCUT2D eigenvalue weighted by Crippen LogP contribution is 2.31. The molecule has 0 aliphatic rings. The van der Waals surface area contributed by atoms with E-state index < -0.39 is 5.97 Å². The molecule has 0 bridgehead atoms. The molecular formula is C16H14N2O2S. The summed E-state index contributed by atoms with van der Waals surface area (Å²) in [5.74, 6) is -0.410. The van der Waals surface area contributed by atoms with Crippen molar-refractivity contribution in [1.82, 2.24) is 9.97 Å². The number of para-hydroxylation sites is 1. The Morgan fingerprint density at radius 2 is 2.19 bits per heavy atom. The highest BCUT2D eigenvalue weighted by atomic mass is 32.1. The number of rotatable bonds is 3. The molecule has 3 rings (SSSR count). The van der Waals surface area contributed by atoms with Crippen LogP contribution in [0.15, 0.2) is 41.9 Å². The van der Waals surface area contributed by atoms with Gasteiger partial charge in [0, 0.05) is 33.6 Å². The van der Waals surface area contributed by atoms with Gasteiger partial charge in [-0.25, -0.2) is 9.78 Å². The number of hydrogen-bond acceptors (Lipinski definition) is 4. The van der Waals surface area contributed by atoms with Crippen molar-refractivity contribution >= 4 is 33.8 Å². The van der Waals surface area contributed by atoms with E-state index in [0.717, 1.165) is 27.0 Å². The predicted octanol–water partition coefficient (Wildman–Crippen LogP) is 3.86. The third-order valence-corrected chi connectivity index (χ3v) is 4.17. The summed E-state index contributed by atoms with van der Waals surface area (Å²) in [6, 6.07) is 8.11. The molecule has 0 saturated carbocycles. The fraction of sp³-hybridized carbons (Fsp3) is 0.125. The average Bonchev–Trinajstić information content (AvgIpc) is 3.15. The molecule has 106 valence electrons.